The fourth-order valence-corrected chi connectivity index (χ4v) is 3.16. The fraction of sp³-hybridized carbons (Fsp3) is 0.381. The molecule has 0 unspecified atom stereocenters. The molecule has 0 saturated carbocycles. The zero-order chi connectivity index (χ0) is 19.2. The van der Waals surface area contributed by atoms with E-state index < -0.39 is 0 Å². The summed E-state index contributed by atoms with van der Waals surface area (Å²) < 4.78 is 11.2. The van der Waals surface area contributed by atoms with E-state index in [2.05, 4.69) is 10.2 Å². The number of carbonyl (C=O) groups is 1. The van der Waals surface area contributed by atoms with Gasteiger partial charge in [0.2, 0.25) is 0 Å². The van der Waals surface area contributed by atoms with E-state index in [-0.39, 0.29) is 12.1 Å². The van der Waals surface area contributed by atoms with Crippen LogP contribution in [-0.4, -0.2) is 50.3 Å². The zero-order valence-corrected chi connectivity index (χ0v) is 16.1. The van der Waals surface area contributed by atoms with Crippen molar-refractivity contribution in [2.45, 2.75) is 20.0 Å². The van der Waals surface area contributed by atoms with E-state index in [0.717, 1.165) is 24.5 Å². The molecule has 3 rings (SSSR count). The predicted octanol–water partition coefficient (Wildman–Crippen LogP) is 3.84. The lowest BCUT2D eigenvalue weighted by molar-refractivity contribution is 0.207. The number of hydrogen-bond donors (Lipinski definition) is 1. The normalized spacial score (nSPS) is 14.2. The molecule has 2 aromatic rings. The molecule has 144 valence electrons. The summed E-state index contributed by atoms with van der Waals surface area (Å²) in [5, 5.41) is 2.98. The van der Waals surface area contributed by atoms with Gasteiger partial charge in [-0.15, -0.1) is 0 Å². The average Bonchev–Trinajstić information content (AvgIpc) is 2.69. The highest BCUT2D eigenvalue weighted by atomic mass is 16.5. The quantitative estimate of drug-likeness (QED) is 0.870. The maximum atomic E-state index is 12.7. The topological polar surface area (TPSA) is 54.0 Å². The van der Waals surface area contributed by atoms with Gasteiger partial charge in [0.15, 0.2) is 0 Å². The summed E-state index contributed by atoms with van der Waals surface area (Å²) >= 11 is 0. The Balaban J connectivity index is 1.61. The Kier molecular flexibility index (Phi) is 6.06. The number of benzene rings is 2. The first kappa shape index (κ1) is 18.9. The predicted molar refractivity (Wildman–Crippen MR) is 108 cm³/mol. The van der Waals surface area contributed by atoms with Gasteiger partial charge in [0, 0.05) is 26.2 Å². The van der Waals surface area contributed by atoms with E-state index in [1.807, 2.05) is 67.3 Å². The molecule has 1 aliphatic rings. The van der Waals surface area contributed by atoms with Crippen molar-refractivity contribution in [2.75, 3.05) is 43.5 Å². The van der Waals surface area contributed by atoms with Crippen LogP contribution < -0.4 is 19.7 Å². The van der Waals surface area contributed by atoms with Crippen LogP contribution in [0.3, 0.4) is 0 Å². The molecule has 1 saturated heterocycles. The first-order valence-electron chi connectivity index (χ1n) is 9.28. The molecular formula is C21H27N3O3. The molecule has 2 amide bonds. The number of ether oxygens (including phenoxy) is 2. The van der Waals surface area contributed by atoms with Gasteiger partial charge in [-0.2, -0.15) is 0 Å². The average molecular weight is 369 g/mol. The van der Waals surface area contributed by atoms with Crippen molar-refractivity contribution in [3.05, 3.63) is 48.5 Å². The fourth-order valence-electron chi connectivity index (χ4n) is 3.16. The second kappa shape index (κ2) is 8.66. The Bertz CT molecular complexity index is 771. The summed E-state index contributed by atoms with van der Waals surface area (Å²) in [6.45, 7) is 6.76. The van der Waals surface area contributed by atoms with Gasteiger partial charge in [-0.05, 0) is 38.1 Å². The third kappa shape index (κ3) is 4.64. The number of piperazine rings is 1. The lowest BCUT2D eigenvalue weighted by atomic mass is 10.2. The van der Waals surface area contributed by atoms with Crippen molar-refractivity contribution < 1.29 is 14.3 Å². The number of methoxy groups -OCH3 is 1. The molecule has 6 nitrogen and oxygen atoms in total. The number of nitrogens with one attached hydrogen (secondary N) is 1. The summed E-state index contributed by atoms with van der Waals surface area (Å²) in [6, 6.07) is 15.4. The molecule has 6 heteroatoms. The molecule has 27 heavy (non-hydrogen) atoms. The molecule has 0 atom stereocenters. The highest BCUT2D eigenvalue weighted by Gasteiger charge is 2.23. The second-order valence-corrected chi connectivity index (χ2v) is 6.74. The summed E-state index contributed by atoms with van der Waals surface area (Å²) in [6.07, 6.45) is 0.0486. The standard InChI is InChI=1S/C21H27N3O3/c1-16(2)27-19-10-6-4-8-17(19)22-21(25)24-14-12-23(13-15-24)18-9-5-7-11-20(18)26-3/h4-11,16H,12-15H2,1-3H3,(H,22,25). The molecule has 1 aliphatic heterocycles. The maximum absolute atomic E-state index is 12.7. The molecular weight excluding hydrogens is 342 g/mol. The number of para-hydroxylation sites is 4. The van der Waals surface area contributed by atoms with Gasteiger partial charge in [-0.25, -0.2) is 4.79 Å². The van der Waals surface area contributed by atoms with Gasteiger partial charge >= 0.3 is 6.03 Å². The lowest BCUT2D eigenvalue weighted by Crippen LogP contribution is -2.50. The van der Waals surface area contributed by atoms with Gasteiger partial charge in [0.05, 0.1) is 24.6 Å². The van der Waals surface area contributed by atoms with Crippen LogP contribution in [0.25, 0.3) is 0 Å². The number of amides is 2. The number of anilines is 2. The molecule has 0 aliphatic carbocycles. The van der Waals surface area contributed by atoms with Gasteiger partial charge < -0.3 is 24.6 Å². The third-order valence-corrected chi connectivity index (χ3v) is 4.48. The summed E-state index contributed by atoms with van der Waals surface area (Å²) in [4.78, 5) is 16.8. The van der Waals surface area contributed by atoms with Crippen molar-refractivity contribution in [3.8, 4) is 11.5 Å². The van der Waals surface area contributed by atoms with E-state index in [0.29, 0.717) is 24.5 Å². The second-order valence-electron chi connectivity index (χ2n) is 6.74. The van der Waals surface area contributed by atoms with Gasteiger partial charge in [-0.1, -0.05) is 24.3 Å². The van der Waals surface area contributed by atoms with Crippen molar-refractivity contribution in [3.63, 3.8) is 0 Å². The Labute approximate surface area is 160 Å². The number of hydrogen-bond acceptors (Lipinski definition) is 4. The van der Waals surface area contributed by atoms with Crippen LogP contribution in [0.1, 0.15) is 13.8 Å². The summed E-state index contributed by atoms with van der Waals surface area (Å²) in [5.41, 5.74) is 1.76. The van der Waals surface area contributed by atoms with Crippen LogP contribution in [0.2, 0.25) is 0 Å². The third-order valence-electron chi connectivity index (χ3n) is 4.48. The van der Waals surface area contributed by atoms with Crippen LogP contribution in [0.5, 0.6) is 11.5 Å². The largest absolute Gasteiger partial charge is 0.495 e. The molecule has 0 radical (unpaired) electrons. The number of urea groups is 1. The minimum absolute atomic E-state index is 0.0486. The smallest absolute Gasteiger partial charge is 0.322 e. The van der Waals surface area contributed by atoms with Gasteiger partial charge in [0.1, 0.15) is 11.5 Å². The van der Waals surface area contributed by atoms with E-state index in [1.165, 1.54) is 0 Å². The molecule has 2 aromatic carbocycles. The van der Waals surface area contributed by atoms with Crippen LogP contribution in [0, 0.1) is 0 Å². The van der Waals surface area contributed by atoms with E-state index in [1.54, 1.807) is 7.11 Å². The van der Waals surface area contributed by atoms with Gasteiger partial charge in [-0.3, -0.25) is 0 Å². The molecule has 1 heterocycles. The number of rotatable bonds is 5. The Morgan fingerprint density at radius 1 is 0.963 bits per heavy atom. The Hall–Kier alpha value is -2.89. The Morgan fingerprint density at radius 3 is 2.26 bits per heavy atom. The van der Waals surface area contributed by atoms with Crippen LogP contribution in [-0.2, 0) is 0 Å². The summed E-state index contributed by atoms with van der Waals surface area (Å²) in [7, 11) is 1.68. The lowest BCUT2D eigenvalue weighted by Gasteiger charge is -2.36. The monoisotopic (exact) mass is 369 g/mol. The molecule has 0 spiro atoms. The molecule has 0 bridgehead atoms. The zero-order valence-electron chi connectivity index (χ0n) is 16.1. The minimum atomic E-state index is -0.102. The first-order chi connectivity index (χ1) is 13.1. The van der Waals surface area contributed by atoms with Crippen LogP contribution >= 0.6 is 0 Å². The highest BCUT2D eigenvalue weighted by Crippen LogP contribution is 2.29. The maximum Gasteiger partial charge on any atom is 0.322 e. The highest BCUT2D eigenvalue weighted by molar-refractivity contribution is 5.91. The number of carbonyl (C=O) groups excluding carboxylic acids is 1. The SMILES string of the molecule is COc1ccccc1N1CCN(C(=O)Nc2ccccc2OC(C)C)CC1. The van der Waals surface area contributed by atoms with E-state index >= 15 is 0 Å². The van der Waals surface area contributed by atoms with Crippen LogP contribution in [0.15, 0.2) is 48.5 Å². The van der Waals surface area contributed by atoms with E-state index in [9.17, 15) is 4.79 Å². The minimum Gasteiger partial charge on any atom is -0.495 e. The van der Waals surface area contributed by atoms with Crippen molar-refractivity contribution in [2.24, 2.45) is 0 Å². The van der Waals surface area contributed by atoms with E-state index in [4.69, 9.17) is 9.47 Å². The van der Waals surface area contributed by atoms with Crippen molar-refractivity contribution in [1.82, 2.24) is 4.90 Å². The van der Waals surface area contributed by atoms with Gasteiger partial charge in [0.25, 0.3) is 0 Å². The summed E-state index contributed by atoms with van der Waals surface area (Å²) in [5.74, 6) is 1.55. The number of nitrogens with zero attached hydrogens (tertiary/aromatic N) is 2. The molecule has 1 fully saturated rings. The molecule has 0 aromatic heterocycles. The van der Waals surface area contributed by atoms with Crippen molar-refractivity contribution >= 4 is 17.4 Å². The molecule has 1 N–H and O–H groups in total. The first-order valence-corrected chi connectivity index (χ1v) is 9.28. The van der Waals surface area contributed by atoms with Crippen molar-refractivity contribution in [1.29, 1.82) is 0 Å². The Morgan fingerprint density at radius 2 is 1.59 bits per heavy atom. The van der Waals surface area contributed by atoms with Crippen LogP contribution in [0.4, 0.5) is 16.2 Å².